The van der Waals surface area contributed by atoms with Crippen LogP contribution in [0.15, 0.2) is 24.3 Å². The monoisotopic (exact) mass is 290 g/mol. The van der Waals surface area contributed by atoms with E-state index in [-0.39, 0.29) is 11.5 Å². The van der Waals surface area contributed by atoms with Crippen molar-refractivity contribution in [3.63, 3.8) is 0 Å². The molecule has 0 spiro atoms. The molecule has 1 N–H and O–H groups in total. The van der Waals surface area contributed by atoms with Gasteiger partial charge in [0.05, 0.1) is 12.2 Å². The molecule has 1 aliphatic rings. The Morgan fingerprint density at radius 3 is 2.67 bits per heavy atom. The lowest BCUT2D eigenvalue weighted by molar-refractivity contribution is -0.0925. The lowest BCUT2D eigenvalue weighted by Crippen LogP contribution is -2.41. The van der Waals surface area contributed by atoms with Crippen LogP contribution in [0.4, 0.5) is 0 Å². The fraction of sp³-hybridized carbons (Fsp3) is 0.684. The molecule has 21 heavy (non-hydrogen) atoms. The lowest BCUT2D eigenvalue weighted by Gasteiger charge is -2.36. The van der Waals surface area contributed by atoms with Crippen molar-refractivity contribution in [1.82, 2.24) is 0 Å². The molecule has 0 radical (unpaired) electrons. The van der Waals surface area contributed by atoms with Crippen molar-refractivity contribution in [1.29, 1.82) is 0 Å². The van der Waals surface area contributed by atoms with Gasteiger partial charge in [-0.1, -0.05) is 45.0 Å². The number of rotatable bonds is 5. The van der Waals surface area contributed by atoms with Gasteiger partial charge in [-0.25, -0.2) is 0 Å². The van der Waals surface area contributed by atoms with E-state index < -0.39 is 6.10 Å². The van der Waals surface area contributed by atoms with E-state index in [1.54, 1.807) is 0 Å². The molecule has 1 aliphatic carbocycles. The van der Waals surface area contributed by atoms with Gasteiger partial charge in [-0.15, -0.1) is 0 Å². The quantitative estimate of drug-likeness (QED) is 0.875. The van der Waals surface area contributed by atoms with E-state index in [1.807, 2.05) is 6.92 Å². The summed E-state index contributed by atoms with van der Waals surface area (Å²) in [5, 5.41) is 10.7. The van der Waals surface area contributed by atoms with Crippen LogP contribution in [0.1, 0.15) is 64.0 Å². The number of hydrogen-bond donors (Lipinski definition) is 1. The molecule has 0 saturated heterocycles. The summed E-state index contributed by atoms with van der Waals surface area (Å²) in [4.78, 5) is 0. The molecule has 1 aromatic carbocycles. The second kappa shape index (κ2) is 6.93. The van der Waals surface area contributed by atoms with Crippen molar-refractivity contribution in [3.05, 3.63) is 35.4 Å². The van der Waals surface area contributed by atoms with Crippen LogP contribution in [-0.2, 0) is 11.2 Å². The average Bonchev–Trinajstić information content (AvgIpc) is 2.44. The van der Waals surface area contributed by atoms with Crippen LogP contribution in [0.25, 0.3) is 0 Å². The van der Waals surface area contributed by atoms with Gasteiger partial charge in [0.25, 0.3) is 0 Å². The van der Waals surface area contributed by atoms with Crippen LogP contribution < -0.4 is 0 Å². The van der Waals surface area contributed by atoms with Gasteiger partial charge in [0.2, 0.25) is 0 Å². The molecule has 0 heterocycles. The van der Waals surface area contributed by atoms with Gasteiger partial charge >= 0.3 is 0 Å². The molecule has 2 heteroatoms. The molecular weight excluding hydrogens is 260 g/mol. The Labute approximate surface area is 129 Å². The van der Waals surface area contributed by atoms with E-state index in [0.717, 1.165) is 6.42 Å². The molecule has 1 aromatic rings. The van der Waals surface area contributed by atoms with Gasteiger partial charge < -0.3 is 9.84 Å². The Morgan fingerprint density at radius 1 is 1.29 bits per heavy atom. The van der Waals surface area contributed by atoms with Crippen molar-refractivity contribution in [2.45, 2.75) is 71.5 Å². The minimum absolute atomic E-state index is 0.0381. The number of aliphatic hydroxyl groups is 1. The van der Waals surface area contributed by atoms with Crippen molar-refractivity contribution in [3.8, 4) is 0 Å². The zero-order chi connectivity index (χ0) is 15.5. The van der Waals surface area contributed by atoms with Gasteiger partial charge in [0.1, 0.15) is 0 Å². The van der Waals surface area contributed by atoms with Crippen LogP contribution in [0.2, 0.25) is 0 Å². The second-order valence-electron chi connectivity index (χ2n) is 7.33. The summed E-state index contributed by atoms with van der Waals surface area (Å²) in [6, 6.07) is 8.71. The summed E-state index contributed by atoms with van der Waals surface area (Å²) in [6.45, 7) is 9.09. The molecule has 2 rings (SSSR count). The number of ether oxygens (including phenoxy) is 1. The molecule has 3 unspecified atom stereocenters. The normalized spacial score (nSPS) is 21.7. The molecule has 0 fully saturated rings. The predicted octanol–water partition coefficient (Wildman–Crippen LogP) is 4.31. The molecule has 3 atom stereocenters. The van der Waals surface area contributed by atoms with E-state index in [9.17, 15) is 5.11 Å². The third-order valence-corrected chi connectivity index (χ3v) is 4.57. The highest BCUT2D eigenvalue weighted by molar-refractivity contribution is 5.32. The van der Waals surface area contributed by atoms with Crippen LogP contribution in [0.3, 0.4) is 0 Å². The minimum atomic E-state index is -0.402. The molecule has 0 saturated carbocycles. The first-order chi connectivity index (χ1) is 9.93. The smallest absolute Gasteiger partial charge is 0.0882 e. The minimum Gasteiger partial charge on any atom is -0.390 e. The van der Waals surface area contributed by atoms with Crippen molar-refractivity contribution in [2.24, 2.45) is 5.41 Å². The third-order valence-electron chi connectivity index (χ3n) is 4.57. The van der Waals surface area contributed by atoms with Crippen LogP contribution in [-0.4, -0.2) is 23.9 Å². The summed E-state index contributed by atoms with van der Waals surface area (Å²) < 4.78 is 5.85. The first kappa shape index (κ1) is 16.5. The topological polar surface area (TPSA) is 29.5 Å². The number of benzene rings is 1. The van der Waals surface area contributed by atoms with Gasteiger partial charge in [-0.2, -0.15) is 0 Å². The van der Waals surface area contributed by atoms with E-state index in [4.69, 9.17) is 4.74 Å². The maximum atomic E-state index is 10.7. The Morgan fingerprint density at radius 2 is 2.00 bits per heavy atom. The Hall–Kier alpha value is -0.860. The molecule has 2 nitrogen and oxygen atoms in total. The summed E-state index contributed by atoms with van der Waals surface area (Å²) >= 11 is 0. The molecule has 0 bridgehead atoms. The number of fused-ring (bicyclic) bond motifs is 1. The van der Waals surface area contributed by atoms with Crippen LogP contribution in [0.5, 0.6) is 0 Å². The Kier molecular flexibility index (Phi) is 5.45. The molecule has 0 aliphatic heterocycles. The summed E-state index contributed by atoms with van der Waals surface area (Å²) in [7, 11) is 0. The highest BCUT2D eigenvalue weighted by atomic mass is 16.5. The van der Waals surface area contributed by atoms with Gasteiger partial charge in [0.15, 0.2) is 0 Å². The SMILES string of the molecule is CCOC(C(O)CC1CCCc2ccccc21)C(C)(C)C. The van der Waals surface area contributed by atoms with E-state index in [2.05, 4.69) is 45.0 Å². The maximum absolute atomic E-state index is 10.7. The highest BCUT2D eigenvalue weighted by Gasteiger charge is 2.34. The second-order valence-corrected chi connectivity index (χ2v) is 7.33. The largest absolute Gasteiger partial charge is 0.390 e. The summed E-state index contributed by atoms with van der Waals surface area (Å²) in [5.41, 5.74) is 2.86. The van der Waals surface area contributed by atoms with Gasteiger partial charge in [-0.05, 0) is 55.1 Å². The zero-order valence-corrected chi connectivity index (χ0v) is 13.9. The van der Waals surface area contributed by atoms with Gasteiger partial charge in [0, 0.05) is 6.61 Å². The maximum Gasteiger partial charge on any atom is 0.0882 e. The highest BCUT2D eigenvalue weighted by Crippen LogP contribution is 2.37. The molecular formula is C19H30O2. The molecule has 0 aromatic heterocycles. The fourth-order valence-corrected chi connectivity index (χ4v) is 3.63. The average molecular weight is 290 g/mol. The summed E-state index contributed by atoms with van der Waals surface area (Å²) in [6.07, 6.45) is 3.88. The Balaban J connectivity index is 2.10. The predicted molar refractivity (Wildman–Crippen MR) is 87.6 cm³/mol. The zero-order valence-electron chi connectivity index (χ0n) is 13.9. The standard InChI is InChI=1S/C19H30O2/c1-5-21-18(19(2,3)4)17(20)13-15-11-8-10-14-9-6-7-12-16(14)15/h6-7,9,12,15,17-18,20H,5,8,10-11,13H2,1-4H3. The molecule has 0 amide bonds. The third kappa shape index (κ3) is 4.08. The fourth-order valence-electron chi connectivity index (χ4n) is 3.63. The molecule has 118 valence electrons. The van der Waals surface area contributed by atoms with Gasteiger partial charge in [-0.3, -0.25) is 0 Å². The number of hydrogen-bond acceptors (Lipinski definition) is 2. The van der Waals surface area contributed by atoms with E-state index in [0.29, 0.717) is 12.5 Å². The first-order valence-electron chi connectivity index (χ1n) is 8.31. The Bertz CT molecular complexity index is 447. The summed E-state index contributed by atoms with van der Waals surface area (Å²) in [5.74, 6) is 0.468. The van der Waals surface area contributed by atoms with Crippen LogP contribution >= 0.6 is 0 Å². The van der Waals surface area contributed by atoms with Crippen molar-refractivity contribution in [2.75, 3.05) is 6.61 Å². The van der Waals surface area contributed by atoms with E-state index in [1.165, 1.54) is 30.4 Å². The van der Waals surface area contributed by atoms with Crippen molar-refractivity contribution < 1.29 is 9.84 Å². The lowest BCUT2D eigenvalue weighted by atomic mass is 9.76. The first-order valence-corrected chi connectivity index (χ1v) is 8.31. The van der Waals surface area contributed by atoms with E-state index >= 15 is 0 Å². The number of aryl methyl sites for hydroxylation is 1. The van der Waals surface area contributed by atoms with Crippen molar-refractivity contribution >= 4 is 0 Å². The van der Waals surface area contributed by atoms with Crippen LogP contribution in [0, 0.1) is 5.41 Å². The number of aliphatic hydroxyl groups excluding tert-OH is 1.